The first-order valence-electron chi connectivity index (χ1n) is 11.2. The van der Waals surface area contributed by atoms with E-state index in [1.54, 1.807) is 6.20 Å². The molecule has 170 valence electrons. The van der Waals surface area contributed by atoms with Gasteiger partial charge in [0.05, 0.1) is 24.2 Å². The van der Waals surface area contributed by atoms with Crippen molar-refractivity contribution < 1.29 is 18.3 Å². The van der Waals surface area contributed by atoms with Crippen LogP contribution in [-0.4, -0.2) is 42.2 Å². The van der Waals surface area contributed by atoms with Gasteiger partial charge in [0.1, 0.15) is 11.0 Å². The molecule has 0 aliphatic carbocycles. The Kier molecular flexibility index (Phi) is 6.28. The fourth-order valence-corrected chi connectivity index (χ4v) is 6.94. The number of phenolic OH excluding ortho intramolecular Hbond substituents is 1. The molecule has 3 heterocycles. The molecule has 0 amide bonds. The Hall–Kier alpha value is -2.44. The highest BCUT2D eigenvalue weighted by molar-refractivity contribution is 7.92. The van der Waals surface area contributed by atoms with Gasteiger partial charge >= 0.3 is 0 Å². The number of rotatable bonds is 6. The van der Waals surface area contributed by atoms with Crippen LogP contribution in [0.1, 0.15) is 49.1 Å². The third-order valence-electron chi connectivity index (χ3n) is 6.52. The van der Waals surface area contributed by atoms with Crippen molar-refractivity contribution in [2.24, 2.45) is 5.92 Å². The standard InChI is InChI=1S/C26H31NO4S/c1-16(2)21-15-32(29,30)24-14-31-23(25(21)24)9-8-20(22-7-5-6-10-27-22)13-19-11-17(3)26(28)18(4)12-19/h5-7,10-13,16,23-24,28H,8-9,14-15H2,1-4H3/b20-13-/t23-,24+/m1/s1. The van der Waals surface area contributed by atoms with Crippen LogP contribution in [0.2, 0.25) is 0 Å². The number of nitrogens with zero attached hydrogens (tertiary/aromatic N) is 1. The molecule has 32 heavy (non-hydrogen) atoms. The molecule has 1 aromatic heterocycles. The average Bonchev–Trinajstić information content (AvgIpc) is 3.29. The molecule has 2 aliphatic rings. The monoisotopic (exact) mass is 453 g/mol. The lowest BCUT2D eigenvalue weighted by molar-refractivity contribution is 0.118. The fourth-order valence-electron chi connectivity index (χ4n) is 4.83. The van der Waals surface area contributed by atoms with E-state index in [0.717, 1.165) is 39.1 Å². The van der Waals surface area contributed by atoms with Gasteiger partial charge in [-0.2, -0.15) is 0 Å². The zero-order chi connectivity index (χ0) is 23.0. The minimum absolute atomic E-state index is 0.166. The predicted molar refractivity (Wildman–Crippen MR) is 128 cm³/mol. The molecule has 2 aliphatic heterocycles. The number of aryl methyl sites for hydroxylation is 2. The Labute approximate surface area is 190 Å². The molecule has 1 N–H and O–H groups in total. The minimum atomic E-state index is -3.15. The molecular formula is C26H31NO4S. The molecule has 0 bridgehead atoms. The van der Waals surface area contributed by atoms with Crippen molar-refractivity contribution in [3.05, 3.63) is 70.1 Å². The number of allylic oxidation sites excluding steroid dienone is 1. The van der Waals surface area contributed by atoms with Crippen molar-refractivity contribution >= 4 is 21.5 Å². The maximum atomic E-state index is 12.6. The molecule has 4 rings (SSSR count). The van der Waals surface area contributed by atoms with Gasteiger partial charge in [0, 0.05) is 6.20 Å². The van der Waals surface area contributed by atoms with E-state index >= 15 is 0 Å². The van der Waals surface area contributed by atoms with Gasteiger partial charge in [0.15, 0.2) is 9.84 Å². The first-order chi connectivity index (χ1) is 15.2. The van der Waals surface area contributed by atoms with E-state index in [-0.39, 0.29) is 24.4 Å². The molecule has 6 heteroatoms. The number of phenols is 1. The third kappa shape index (κ3) is 4.39. The fraction of sp³-hybridized carbons (Fsp3) is 0.423. The van der Waals surface area contributed by atoms with Crippen molar-refractivity contribution in [2.75, 3.05) is 12.4 Å². The Morgan fingerprint density at radius 3 is 2.59 bits per heavy atom. The molecule has 2 atom stereocenters. The van der Waals surface area contributed by atoms with Crippen molar-refractivity contribution in [2.45, 2.75) is 51.9 Å². The van der Waals surface area contributed by atoms with Gasteiger partial charge < -0.3 is 9.84 Å². The molecule has 0 unspecified atom stereocenters. The Morgan fingerprint density at radius 1 is 1.25 bits per heavy atom. The quantitative estimate of drug-likeness (QED) is 0.631. The number of pyridine rings is 1. The van der Waals surface area contributed by atoms with Crippen molar-refractivity contribution in [1.82, 2.24) is 4.98 Å². The number of sulfone groups is 1. The SMILES string of the molecule is Cc1cc(/C=C(/CC[C@H]2OC[C@H]3C2=C(C(C)C)CS3(=O)=O)c2ccccn2)cc(C)c1O. The highest BCUT2D eigenvalue weighted by atomic mass is 32.2. The summed E-state index contributed by atoms with van der Waals surface area (Å²) in [6.45, 7) is 8.17. The molecule has 5 nitrogen and oxygen atoms in total. The number of hydrogen-bond donors (Lipinski definition) is 1. The summed E-state index contributed by atoms with van der Waals surface area (Å²) in [4.78, 5) is 4.55. The lowest BCUT2D eigenvalue weighted by Gasteiger charge is -2.17. The molecule has 2 aromatic rings. The maximum absolute atomic E-state index is 12.6. The van der Waals surface area contributed by atoms with Crippen molar-refractivity contribution in [1.29, 1.82) is 0 Å². The smallest absolute Gasteiger partial charge is 0.163 e. The van der Waals surface area contributed by atoms with Crippen molar-refractivity contribution in [3.8, 4) is 5.75 Å². The Balaban J connectivity index is 1.64. The van der Waals surface area contributed by atoms with Crippen LogP contribution in [0.25, 0.3) is 11.6 Å². The van der Waals surface area contributed by atoms with Crippen LogP contribution < -0.4 is 0 Å². The number of fused-ring (bicyclic) bond motifs is 1. The van der Waals surface area contributed by atoms with Crippen LogP contribution in [0.15, 0.2) is 47.7 Å². The zero-order valence-corrected chi connectivity index (χ0v) is 19.9. The third-order valence-corrected chi connectivity index (χ3v) is 8.49. The van der Waals surface area contributed by atoms with Crippen molar-refractivity contribution in [3.63, 3.8) is 0 Å². The zero-order valence-electron chi connectivity index (χ0n) is 19.1. The summed E-state index contributed by atoms with van der Waals surface area (Å²) in [5.41, 5.74) is 6.66. The van der Waals surface area contributed by atoms with Gasteiger partial charge in [-0.25, -0.2) is 8.42 Å². The normalized spacial score (nSPS) is 22.6. The van der Waals surface area contributed by atoms with E-state index in [1.165, 1.54) is 0 Å². The van der Waals surface area contributed by atoms with E-state index in [9.17, 15) is 13.5 Å². The van der Waals surface area contributed by atoms with Crippen LogP contribution in [0, 0.1) is 19.8 Å². The van der Waals surface area contributed by atoms with E-state index in [4.69, 9.17) is 4.74 Å². The van der Waals surface area contributed by atoms with Gasteiger partial charge in [0.2, 0.25) is 0 Å². The number of hydrogen-bond acceptors (Lipinski definition) is 5. The van der Waals surface area contributed by atoms with E-state index in [0.29, 0.717) is 18.6 Å². The summed E-state index contributed by atoms with van der Waals surface area (Å²) in [7, 11) is -3.15. The number of aromatic hydroxyl groups is 1. The van der Waals surface area contributed by atoms with Gasteiger partial charge in [-0.05, 0) is 96.4 Å². The Bertz CT molecular complexity index is 1160. The van der Waals surface area contributed by atoms with Gasteiger partial charge in [0.25, 0.3) is 0 Å². The maximum Gasteiger partial charge on any atom is 0.163 e. The molecule has 0 spiro atoms. The average molecular weight is 454 g/mol. The summed E-state index contributed by atoms with van der Waals surface area (Å²) in [6.07, 6.45) is 5.13. The molecular weight excluding hydrogens is 422 g/mol. The second kappa shape index (κ2) is 8.83. The second-order valence-corrected chi connectivity index (χ2v) is 11.4. The summed E-state index contributed by atoms with van der Waals surface area (Å²) in [6, 6.07) is 9.79. The lowest BCUT2D eigenvalue weighted by atomic mass is 9.91. The second-order valence-electron chi connectivity index (χ2n) is 9.18. The summed E-state index contributed by atoms with van der Waals surface area (Å²) >= 11 is 0. The minimum Gasteiger partial charge on any atom is -0.507 e. The molecule has 1 aromatic carbocycles. The van der Waals surface area contributed by atoms with Crippen LogP contribution in [-0.2, 0) is 14.6 Å². The molecule has 0 radical (unpaired) electrons. The number of benzene rings is 1. The van der Waals surface area contributed by atoms with Gasteiger partial charge in [-0.15, -0.1) is 0 Å². The first-order valence-corrected chi connectivity index (χ1v) is 12.9. The van der Waals surface area contributed by atoms with Crippen LogP contribution >= 0.6 is 0 Å². The van der Waals surface area contributed by atoms with Gasteiger partial charge in [-0.1, -0.05) is 19.9 Å². The highest BCUT2D eigenvalue weighted by Gasteiger charge is 2.47. The predicted octanol–water partition coefficient (Wildman–Crippen LogP) is 4.87. The van der Waals surface area contributed by atoms with E-state index in [1.807, 2.05) is 44.2 Å². The topological polar surface area (TPSA) is 76.5 Å². The highest BCUT2D eigenvalue weighted by Crippen LogP contribution is 2.41. The molecule has 1 saturated heterocycles. The summed E-state index contributed by atoms with van der Waals surface area (Å²) in [5, 5.41) is 9.65. The van der Waals surface area contributed by atoms with Crippen LogP contribution in [0.5, 0.6) is 5.75 Å². The molecule has 1 fully saturated rings. The molecule has 0 saturated carbocycles. The summed E-state index contributed by atoms with van der Waals surface area (Å²) < 4.78 is 31.3. The van der Waals surface area contributed by atoms with Gasteiger partial charge in [-0.3, -0.25) is 4.98 Å². The lowest BCUT2D eigenvalue weighted by Crippen LogP contribution is -2.19. The largest absolute Gasteiger partial charge is 0.507 e. The van der Waals surface area contributed by atoms with Crippen LogP contribution in [0.4, 0.5) is 0 Å². The first kappa shape index (κ1) is 22.7. The Morgan fingerprint density at radius 2 is 1.97 bits per heavy atom. The van der Waals surface area contributed by atoms with E-state index < -0.39 is 15.1 Å². The van der Waals surface area contributed by atoms with Crippen LogP contribution in [0.3, 0.4) is 0 Å². The number of aromatic nitrogens is 1. The summed E-state index contributed by atoms with van der Waals surface area (Å²) in [5.74, 6) is 0.685. The van der Waals surface area contributed by atoms with E-state index in [2.05, 4.69) is 24.9 Å². The number of ether oxygens (including phenoxy) is 1.